The molecule has 1 heterocycles. The average molecular weight is 360 g/mol. The van der Waals surface area contributed by atoms with E-state index in [1.807, 2.05) is 24.3 Å². The van der Waals surface area contributed by atoms with Crippen molar-refractivity contribution in [1.82, 2.24) is 9.55 Å². The summed E-state index contributed by atoms with van der Waals surface area (Å²) in [6.45, 7) is 0. The summed E-state index contributed by atoms with van der Waals surface area (Å²) in [6.07, 6.45) is 3.36. The highest BCUT2D eigenvalue weighted by Gasteiger charge is 2.15. The Balaban J connectivity index is 1.77. The summed E-state index contributed by atoms with van der Waals surface area (Å²) in [4.78, 5) is 16.4. The number of hydrogen-bond acceptors (Lipinski definition) is 4. The van der Waals surface area contributed by atoms with Crippen LogP contribution in [0.5, 0.6) is 5.75 Å². The van der Waals surface area contributed by atoms with Gasteiger partial charge in [0.2, 0.25) is 0 Å². The predicted octanol–water partition coefficient (Wildman–Crippen LogP) is 4.13. The number of carbonyl (C=O) groups excluding carboxylic acids is 1. The van der Waals surface area contributed by atoms with Gasteiger partial charge in [0.1, 0.15) is 17.4 Å². The maximum atomic E-state index is 13.7. The quantitative estimate of drug-likeness (QED) is 0.490. The number of thioether (sulfide) groups is 1. The third-order valence-corrected chi connectivity index (χ3v) is 4.47. The number of ether oxygens (including phenoxy) is 1. The molecule has 0 bridgehead atoms. The van der Waals surface area contributed by atoms with Gasteiger partial charge in [0.25, 0.3) is 0 Å². The Morgan fingerprint density at radius 1 is 1.24 bits per heavy atom. The fraction of sp³-hybridized carbons (Fsp3) is 0.111. The van der Waals surface area contributed by atoms with Gasteiger partial charge in [0, 0.05) is 18.5 Å². The van der Waals surface area contributed by atoms with Crippen LogP contribution in [0.15, 0.2) is 60.0 Å². The lowest BCUT2D eigenvalue weighted by molar-refractivity contribution is 0.101. The molecule has 3 aromatic rings. The Labute approximate surface area is 147 Å². The molecule has 0 fully saturated rings. The van der Waals surface area contributed by atoms with Crippen molar-refractivity contribution in [3.05, 3.63) is 72.1 Å². The van der Waals surface area contributed by atoms with Crippen LogP contribution in [0, 0.1) is 11.6 Å². The Kier molecular flexibility index (Phi) is 5.14. The molecule has 4 nitrogen and oxygen atoms in total. The number of aromatic nitrogens is 2. The van der Waals surface area contributed by atoms with Crippen LogP contribution in [0.3, 0.4) is 0 Å². The van der Waals surface area contributed by atoms with Crippen LogP contribution in [-0.2, 0) is 0 Å². The average Bonchev–Trinajstić information content (AvgIpc) is 3.10. The number of hydrogen-bond donors (Lipinski definition) is 0. The van der Waals surface area contributed by atoms with Gasteiger partial charge < -0.3 is 4.74 Å². The first kappa shape index (κ1) is 17.2. The second-order valence-corrected chi connectivity index (χ2v) is 6.06. The Hall–Kier alpha value is -2.67. The molecule has 0 aliphatic heterocycles. The molecule has 0 atom stereocenters. The number of methoxy groups -OCH3 is 1. The van der Waals surface area contributed by atoms with Crippen molar-refractivity contribution in [3.8, 4) is 11.4 Å². The van der Waals surface area contributed by atoms with Crippen molar-refractivity contribution < 1.29 is 18.3 Å². The third kappa shape index (κ3) is 3.88. The third-order valence-electron chi connectivity index (χ3n) is 3.50. The summed E-state index contributed by atoms with van der Waals surface area (Å²) < 4.78 is 33.9. The van der Waals surface area contributed by atoms with Gasteiger partial charge in [0.15, 0.2) is 10.9 Å². The van der Waals surface area contributed by atoms with Gasteiger partial charge in [-0.05, 0) is 30.3 Å². The number of carbonyl (C=O) groups is 1. The first-order valence-corrected chi connectivity index (χ1v) is 8.36. The smallest absolute Gasteiger partial charge is 0.176 e. The minimum absolute atomic E-state index is 0.0542. The van der Waals surface area contributed by atoms with Crippen LogP contribution in [0.1, 0.15) is 10.4 Å². The zero-order chi connectivity index (χ0) is 17.8. The van der Waals surface area contributed by atoms with Crippen LogP contribution >= 0.6 is 11.8 Å². The molecule has 25 heavy (non-hydrogen) atoms. The lowest BCUT2D eigenvalue weighted by Gasteiger charge is -2.09. The molecule has 0 saturated heterocycles. The van der Waals surface area contributed by atoms with E-state index in [0.717, 1.165) is 35.6 Å². The lowest BCUT2D eigenvalue weighted by atomic mass is 10.1. The topological polar surface area (TPSA) is 44.1 Å². The number of ketones is 1. The molecule has 3 rings (SSSR count). The zero-order valence-corrected chi connectivity index (χ0v) is 14.1. The van der Waals surface area contributed by atoms with E-state index in [0.29, 0.717) is 10.9 Å². The largest absolute Gasteiger partial charge is 0.497 e. The Bertz CT molecular complexity index is 912. The van der Waals surface area contributed by atoms with E-state index in [2.05, 4.69) is 4.98 Å². The van der Waals surface area contributed by atoms with Crippen molar-refractivity contribution in [2.45, 2.75) is 5.16 Å². The number of imidazole rings is 1. The van der Waals surface area contributed by atoms with Gasteiger partial charge in [0.05, 0.1) is 24.1 Å². The fourth-order valence-electron chi connectivity index (χ4n) is 2.27. The summed E-state index contributed by atoms with van der Waals surface area (Å²) in [5.74, 6) is -1.24. The highest BCUT2D eigenvalue weighted by Crippen LogP contribution is 2.24. The van der Waals surface area contributed by atoms with Gasteiger partial charge in [-0.3, -0.25) is 9.36 Å². The van der Waals surface area contributed by atoms with Crippen LogP contribution < -0.4 is 4.74 Å². The molecular weight excluding hydrogens is 346 g/mol. The molecule has 2 aromatic carbocycles. The van der Waals surface area contributed by atoms with Gasteiger partial charge >= 0.3 is 0 Å². The molecule has 0 N–H and O–H groups in total. The lowest BCUT2D eigenvalue weighted by Crippen LogP contribution is -2.07. The normalized spacial score (nSPS) is 10.7. The minimum atomic E-state index is -0.733. The fourth-order valence-corrected chi connectivity index (χ4v) is 3.13. The van der Waals surface area contributed by atoms with Gasteiger partial charge in [-0.2, -0.15) is 0 Å². The van der Waals surface area contributed by atoms with Crippen molar-refractivity contribution >= 4 is 17.5 Å². The molecule has 1 aromatic heterocycles. The molecule has 0 aliphatic carbocycles. The number of rotatable bonds is 6. The summed E-state index contributed by atoms with van der Waals surface area (Å²) in [7, 11) is 1.58. The maximum Gasteiger partial charge on any atom is 0.176 e. The van der Waals surface area contributed by atoms with Crippen LogP contribution in [0.2, 0.25) is 0 Å². The van der Waals surface area contributed by atoms with Crippen molar-refractivity contribution in [1.29, 1.82) is 0 Å². The van der Waals surface area contributed by atoms with Crippen molar-refractivity contribution in [3.63, 3.8) is 0 Å². The zero-order valence-electron chi connectivity index (χ0n) is 13.3. The highest BCUT2D eigenvalue weighted by atomic mass is 32.2. The molecule has 0 amide bonds. The summed E-state index contributed by atoms with van der Waals surface area (Å²) in [6, 6.07) is 10.2. The molecule has 0 spiro atoms. The summed E-state index contributed by atoms with van der Waals surface area (Å²) in [5.41, 5.74) is 0.565. The van der Waals surface area contributed by atoms with Crippen LogP contribution in [0.25, 0.3) is 5.69 Å². The van der Waals surface area contributed by atoms with E-state index < -0.39 is 17.4 Å². The second-order valence-electron chi connectivity index (χ2n) is 5.12. The Morgan fingerprint density at radius 2 is 2.08 bits per heavy atom. The van der Waals surface area contributed by atoms with E-state index >= 15 is 0 Å². The molecule has 0 saturated carbocycles. The van der Waals surface area contributed by atoms with E-state index in [4.69, 9.17) is 4.74 Å². The minimum Gasteiger partial charge on any atom is -0.497 e. The first-order valence-electron chi connectivity index (χ1n) is 7.37. The first-order chi connectivity index (χ1) is 12.1. The van der Waals surface area contributed by atoms with E-state index in [-0.39, 0.29) is 11.3 Å². The molecule has 128 valence electrons. The van der Waals surface area contributed by atoms with E-state index in [1.54, 1.807) is 24.1 Å². The standard InChI is InChI=1S/C18H14F2N2O2S/c1-24-14-4-2-3-13(10-14)22-8-7-21-18(22)25-11-17(23)15-9-12(19)5-6-16(15)20/h2-10H,11H2,1H3. The van der Waals surface area contributed by atoms with Crippen molar-refractivity contribution in [2.75, 3.05) is 12.9 Å². The molecule has 0 aliphatic rings. The molecular formula is C18H14F2N2O2S. The van der Waals surface area contributed by atoms with E-state index in [1.165, 1.54) is 0 Å². The van der Waals surface area contributed by atoms with Gasteiger partial charge in [-0.15, -0.1) is 0 Å². The second kappa shape index (κ2) is 7.48. The molecule has 0 unspecified atom stereocenters. The number of benzene rings is 2. The number of Topliss-reactive ketones (excluding diaryl/α,β-unsaturated/α-hetero) is 1. The van der Waals surface area contributed by atoms with Gasteiger partial charge in [-0.1, -0.05) is 17.8 Å². The van der Waals surface area contributed by atoms with Crippen LogP contribution in [0.4, 0.5) is 8.78 Å². The van der Waals surface area contributed by atoms with Gasteiger partial charge in [-0.25, -0.2) is 13.8 Å². The van der Waals surface area contributed by atoms with Crippen LogP contribution in [-0.4, -0.2) is 28.2 Å². The predicted molar refractivity (Wildman–Crippen MR) is 91.5 cm³/mol. The highest BCUT2D eigenvalue weighted by molar-refractivity contribution is 7.99. The molecule has 0 radical (unpaired) electrons. The number of halogens is 2. The van der Waals surface area contributed by atoms with E-state index in [9.17, 15) is 13.6 Å². The van der Waals surface area contributed by atoms with Crippen molar-refractivity contribution in [2.24, 2.45) is 0 Å². The summed E-state index contributed by atoms with van der Waals surface area (Å²) >= 11 is 1.15. The monoisotopic (exact) mass is 360 g/mol. The Morgan fingerprint density at radius 3 is 2.88 bits per heavy atom. The maximum absolute atomic E-state index is 13.7. The molecule has 7 heteroatoms. The summed E-state index contributed by atoms with van der Waals surface area (Å²) in [5, 5.41) is 0.568. The number of nitrogens with zero attached hydrogens (tertiary/aromatic N) is 2. The SMILES string of the molecule is COc1cccc(-n2ccnc2SCC(=O)c2cc(F)ccc2F)c1.